The number of hydrogen-bond acceptors (Lipinski definition) is 2. The van der Waals surface area contributed by atoms with Gasteiger partial charge in [0.05, 0.1) is 12.7 Å². The molecule has 2 heteroatoms. The molecule has 1 spiro atoms. The molecule has 2 nitrogen and oxygen atoms in total. The lowest BCUT2D eigenvalue weighted by atomic mass is 10.1. The van der Waals surface area contributed by atoms with Crippen LogP contribution < -0.4 is 0 Å². The standard InChI is InChI=1S/C10H16O2/c1-8(2)9-7-11-10(12-9)5-3-4-6-10/h1,8-9H,3-7H2,2H3. The van der Waals surface area contributed by atoms with Crippen molar-refractivity contribution in [3.63, 3.8) is 0 Å². The van der Waals surface area contributed by atoms with Gasteiger partial charge in [0.2, 0.25) is 0 Å². The molecule has 1 heterocycles. The maximum Gasteiger partial charge on any atom is 0.168 e. The van der Waals surface area contributed by atoms with Gasteiger partial charge in [-0.15, -0.1) is 0 Å². The van der Waals surface area contributed by atoms with Crippen LogP contribution in [0.5, 0.6) is 0 Å². The monoisotopic (exact) mass is 168 g/mol. The molecule has 2 unspecified atom stereocenters. The Kier molecular flexibility index (Phi) is 2.13. The zero-order valence-corrected chi connectivity index (χ0v) is 7.58. The SMILES string of the molecule is [CH]C(C)C1COC2(CCCC2)O1. The van der Waals surface area contributed by atoms with Crippen molar-refractivity contribution in [2.75, 3.05) is 6.61 Å². The van der Waals surface area contributed by atoms with E-state index < -0.39 is 0 Å². The molecular formula is C10H16O2. The zero-order valence-electron chi connectivity index (χ0n) is 7.58. The summed E-state index contributed by atoms with van der Waals surface area (Å²) in [5.41, 5.74) is 0. The molecule has 1 aliphatic heterocycles. The second kappa shape index (κ2) is 3.00. The van der Waals surface area contributed by atoms with Crippen LogP contribution in [0.2, 0.25) is 0 Å². The molecule has 0 amide bonds. The Bertz CT molecular complexity index is 159. The first-order chi connectivity index (χ1) is 5.72. The lowest BCUT2D eigenvalue weighted by Crippen LogP contribution is -2.27. The van der Waals surface area contributed by atoms with Crippen molar-refractivity contribution in [2.24, 2.45) is 5.92 Å². The Morgan fingerprint density at radius 2 is 2.08 bits per heavy atom. The van der Waals surface area contributed by atoms with Crippen LogP contribution in [0.15, 0.2) is 0 Å². The van der Waals surface area contributed by atoms with Gasteiger partial charge >= 0.3 is 0 Å². The van der Waals surface area contributed by atoms with Crippen molar-refractivity contribution in [1.29, 1.82) is 0 Å². The fourth-order valence-corrected chi connectivity index (χ4v) is 2.01. The van der Waals surface area contributed by atoms with Gasteiger partial charge in [-0.2, -0.15) is 0 Å². The molecule has 1 saturated carbocycles. The fourth-order valence-electron chi connectivity index (χ4n) is 2.01. The second-order valence-corrected chi connectivity index (χ2v) is 3.94. The summed E-state index contributed by atoms with van der Waals surface area (Å²) < 4.78 is 11.5. The topological polar surface area (TPSA) is 18.5 Å². The maximum absolute atomic E-state index is 5.82. The van der Waals surface area contributed by atoms with E-state index in [0.29, 0.717) is 6.61 Å². The molecule has 0 aromatic rings. The predicted octanol–water partition coefficient (Wildman–Crippen LogP) is 2.02. The molecule has 0 bridgehead atoms. The number of hydrogen-bond donors (Lipinski definition) is 0. The average Bonchev–Trinajstić information content (AvgIpc) is 2.62. The lowest BCUT2D eigenvalue weighted by Gasteiger charge is -2.22. The third-order valence-corrected chi connectivity index (χ3v) is 2.83. The van der Waals surface area contributed by atoms with Crippen LogP contribution in [0.4, 0.5) is 0 Å². The van der Waals surface area contributed by atoms with Gasteiger partial charge in [-0.25, -0.2) is 0 Å². The summed E-state index contributed by atoms with van der Waals surface area (Å²) in [5, 5.41) is 0. The van der Waals surface area contributed by atoms with Crippen LogP contribution in [-0.4, -0.2) is 18.5 Å². The fraction of sp³-hybridized carbons (Fsp3) is 0.900. The summed E-state index contributed by atoms with van der Waals surface area (Å²) in [5.74, 6) is -0.150. The van der Waals surface area contributed by atoms with E-state index in [4.69, 9.17) is 16.4 Å². The summed E-state index contributed by atoms with van der Waals surface area (Å²) >= 11 is 0. The maximum atomic E-state index is 5.82. The molecule has 12 heavy (non-hydrogen) atoms. The highest BCUT2D eigenvalue weighted by Crippen LogP contribution is 2.40. The van der Waals surface area contributed by atoms with Gasteiger partial charge < -0.3 is 9.47 Å². The van der Waals surface area contributed by atoms with Crippen molar-refractivity contribution < 1.29 is 9.47 Å². The minimum absolute atomic E-state index is 0.0879. The first kappa shape index (κ1) is 8.52. The minimum atomic E-state index is -0.238. The molecular weight excluding hydrogens is 152 g/mol. The van der Waals surface area contributed by atoms with Gasteiger partial charge in [-0.1, -0.05) is 6.92 Å². The van der Waals surface area contributed by atoms with Crippen LogP contribution in [0.3, 0.4) is 0 Å². The van der Waals surface area contributed by atoms with Crippen LogP contribution in [0.1, 0.15) is 32.6 Å². The predicted molar refractivity (Wildman–Crippen MR) is 45.5 cm³/mol. The molecule has 2 aliphatic rings. The summed E-state index contributed by atoms with van der Waals surface area (Å²) in [6.07, 6.45) is 4.67. The van der Waals surface area contributed by atoms with Crippen LogP contribution >= 0.6 is 0 Å². The van der Waals surface area contributed by atoms with Gasteiger partial charge in [-0.05, 0) is 25.7 Å². The summed E-state index contributed by atoms with van der Waals surface area (Å²) in [4.78, 5) is 0. The molecule has 68 valence electrons. The first-order valence-corrected chi connectivity index (χ1v) is 4.79. The molecule has 2 fully saturated rings. The highest BCUT2D eigenvalue weighted by atomic mass is 16.7. The largest absolute Gasteiger partial charge is 0.347 e. The van der Waals surface area contributed by atoms with Crippen LogP contribution in [0.25, 0.3) is 0 Å². The average molecular weight is 168 g/mol. The van der Waals surface area contributed by atoms with Crippen molar-refractivity contribution in [3.8, 4) is 0 Å². The van der Waals surface area contributed by atoms with Gasteiger partial charge in [0.1, 0.15) is 0 Å². The summed E-state index contributed by atoms with van der Waals surface area (Å²) in [7, 11) is 0. The molecule has 0 aromatic heterocycles. The highest BCUT2D eigenvalue weighted by Gasteiger charge is 2.44. The normalized spacial score (nSPS) is 33.8. The minimum Gasteiger partial charge on any atom is -0.347 e. The van der Waals surface area contributed by atoms with Crippen molar-refractivity contribution in [3.05, 3.63) is 6.92 Å². The Balaban J connectivity index is 1.96. The second-order valence-electron chi connectivity index (χ2n) is 3.94. The van der Waals surface area contributed by atoms with Crippen LogP contribution in [0, 0.1) is 12.8 Å². The zero-order chi connectivity index (χ0) is 8.60. The van der Waals surface area contributed by atoms with Crippen LogP contribution in [-0.2, 0) is 9.47 Å². The first-order valence-electron chi connectivity index (χ1n) is 4.79. The van der Waals surface area contributed by atoms with Gasteiger partial charge in [0, 0.05) is 12.8 Å². The van der Waals surface area contributed by atoms with Gasteiger partial charge in [0.25, 0.3) is 0 Å². The third-order valence-electron chi connectivity index (χ3n) is 2.83. The van der Waals surface area contributed by atoms with E-state index in [0.717, 1.165) is 12.8 Å². The van der Waals surface area contributed by atoms with E-state index in [-0.39, 0.29) is 17.8 Å². The Morgan fingerprint density at radius 1 is 1.42 bits per heavy atom. The molecule has 2 radical (unpaired) electrons. The molecule has 0 aromatic carbocycles. The molecule has 1 saturated heterocycles. The van der Waals surface area contributed by atoms with Gasteiger partial charge in [0.15, 0.2) is 5.79 Å². The van der Waals surface area contributed by atoms with E-state index in [9.17, 15) is 0 Å². The van der Waals surface area contributed by atoms with E-state index in [1.54, 1.807) is 0 Å². The number of rotatable bonds is 1. The van der Waals surface area contributed by atoms with Crippen molar-refractivity contribution in [1.82, 2.24) is 0 Å². The Hall–Kier alpha value is -0.0800. The molecule has 2 atom stereocenters. The van der Waals surface area contributed by atoms with E-state index in [1.165, 1.54) is 12.8 Å². The smallest absolute Gasteiger partial charge is 0.168 e. The highest BCUT2D eigenvalue weighted by molar-refractivity contribution is 4.85. The van der Waals surface area contributed by atoms with E-state index in [1.807, 2.05) is 6.92 Å². The molecule has 2 rings (SSSR count). The molecule has 0 N–H and O–H groups in total. The Morgan fingerprint density at radius 3 is 2.58 bits per heavy atom. The van der Waals surface area contributed by atoms with Gasteiger partial charge in [-0.3, -0.25) is 0 Å². The summed E-state index contributed by atoms with van der Waals surface area (Å²) in [6, 6.07) is 0. The Labute approximate surface area is 74.2 Å². The summed E-state index contributed by atoms with van der Waals surface area (Å²) in [6.45, 7) is 8.40. The quantitative estimate of drug-likeness (QED) is 0.596. The van der Waals surface area contributed by atoms with Crippen molar-refractivity contribution >= 4 is 0 Å². The van der Waals surface area contributed by atoms with E-state index in [2.05, 4.69) is 0 Å². The number of ether oxygens (including phenoxy) is 2. The van der Waals surface area contributed by atoms with Crippen molar-refractivity contribution in [2.45, 2.75) is 44.5 Å². The molecule has 1 aliphatic carbocycles. The third kappa shape index (κ3) is 1.38. The lowest BCUT2D eigenvalue weighted by molar-refractivity contribution is -0.164. The van der Waals surface area contributed by atoms with E-state index >= 15 is 0 Å².